The summed E-state index contributed by atoms with van der Waals surface area (Å²) in [7, 11) is 1.72. The van der Waals surface area contributed by atoms with Crippen LogP contribution in [0.2, 0.25) is 0 Å². The summed E-state index contributed by atoms with van der Waals surface area (Å²) in [5.74, 6) is -0.311. The van der Waals surface area contributed by atoms with Crippen molar-refractivity contribution in [3.63, 3.8) is 0 Å². The molecule has 1 atom stereocenters. The van der Waals surface area contributed by atoms with Crippen molar-refractivity contribution in [1.82, 2.24) is 4.90 Å². The van der Waals surface area contributed by atoms with Crippen LogP contribution in [0.25, 0.3) is 20.5 Å². The first-order valence-electron chi connectivity index (χ1n) is 13.8. The Bertz CT molecular complexity index is 1560. The summed E-state index contributed by atoms with van der Waals surface area (Å²) in [6, 6.07) is 18.4. The van der Waals surface area contributed by atoms with Gasteiger partial charge >= 0.3 is 5.97 Å². The maximum Gasteiger partial charge on any atom is 0.320 e. The Morgan fingerprint density at radius 3 is 2.66 bits per heavy atom. The molecule has 1 saturated heterocycles. The molecule has 5 N–H and O–H groups in total. The van der Waals surface area contributed by atoms with E-state index in [-0.39, 0.29) is 24.5 Å². The number of ether oxygens (including phenoxy) is 1. The predicted octanol–water partition coefficient (Wildman–Crippen LogP) is 5.60. The Morgan fingerprint density at radius 1 is 1.10 bits per heavy atom. The van der Waals surface area contributed by atoms with E-state index < -0.39 is 12.0 Å². The van der Waals surface area contributed by atoms with E-state index in [2.05, 4.69) is 28.4 Å². The molecule has 8 nitrogen and oxygen atoms in total. The number of nitrogens with zero attached hydrogens (tertiary/aromatic N) is 1. The van der Waals surface area contributed by atoms with Crippen LogP contribution < -0.4 is 15.8 Å². The number of hydrogen-bond donors (Lipinski definition) is 4. The number of phenols is 1. The molecule has 1 fully saturated rings. The fourth-order valence-corrected chi connectivity index (χ4v) is 6.59. The molecule has 1 aromatic heterocycles. The number of rotatable bonds is 11. The van der Waals surface area contributed by atoms with Crippen LogP contribution in [0.3, 0.4) is 0 Å². The third-order valence-corrected chi connectivity index (χ3v) is 8.75. The minimum atomic E-state index is -1.12. The number of carbonyl (C=O) groups excluding carboxylic acids is 1. The first kappa shape index (κ1) is 28.6. The van der Waals surface area contributed by atoms with Crippen molar-refractivity contribution in [3.8, 4) is 21.9 Å². The Hall–Kier alpha value is -3.92. The second kappa shape index (κ2) is 12.7. The summed E-state index contributed by atoms with van der Waals surface area (Å²) in [5, 5.41) is 23.1. The van der Waals surface area contributed by atoms with Crippen LogP contribution in [0.1, 0.15) is 42.4 Å². The van der Waals surface area contributed by atoms with Crippen LogP contribution >= 0.6 is 11.3 Å². The van der Waals surface area contributed by atoms with E-state index in [0.717, 1.165) is 57.0 Å². The molecule has 9 heteroatoms. The smallest absolute Gasteiger partial charge is 0.320 e. The summed E-state index contributed by atoms with van der Waals surface area (Å²) >= 11 is 1.60. The van der Waals surface area contributed by atoms with E-state index in [0.29, 0.717) is 12.1 Å². The van der Waals surface area contributed by atoms with Gasteiger partial charge in [0.1, 0.15) is 17.5 Å². The molecule has 5 rings (SSSR count). The van der Waals surface area contributed by atoms with Crippen molar-refractivity contribution in [2.24, 2.45) is 5.73 Å². The molecular weight excluding hydrogens is 538 g/mol. The van der Waals surface area contributed by atoms with Gasteiger partial charge in [0, 0.05) is 33.8 Å². The Morgan fingerprint density at radius 2 is 1.90 bits per heavy atom. The molecule has 0 aliphatic carbocycles. The number of thiophene rings is 1. The number of amides is 1. The minimum absolute atomic E-state index is 0.0146. The standard InChI is InChI=1S/C32H35N3O5S/c1-40-28-16-20(7-8-22(28)19-35-13-2-3-14-35)15-26-25-10-9-24(36)18-29(25)41-31(26)21-5-4-6-23(17-21)34-30(37)12-11-27(33)32(38)39/h4-10,16-18,27,36H,2-3,11-15,19,33H2,1H3,(H,34,37)(H,38,39)/t27-/m0/s1. The quantitative estimate of drug-likeness (QED) is 0.184. The third-order valence-electron chi connectivity index (χ3n) is 7.51. The van der Waals surface area contributed by atoms with Gasteiger partial charge in [-0.2, -0.15) is 0 Å². The zero-order valence-electron chi connectivity index (χ0n) is 23.1. The van der Waals surface area contributed by atoms with Gasteiger partial charge in [-0.1, -0.05) is 24.3 Å². The zero-order chi connectivity index (χ0) is 28.9. The summed E-state index contributed by atoms with van der Waals surface area (Å²) < 4.78 is 6.77. The number of phenolic OH excluding ortho intramolecular Hbond substituents is 1. The van der Waals surface area contributed by atoms with Gasteiger partial charge in [-0.3, -0.25) is 14.5 Å². The van der Waals surface area contributed by atoms with Crippen LogP contribution in [-0.2, 0) is 22.6 Å². The molecule has 0 spiro atoms. The number of carboxylic acids is 1. The SMILES string of the molecule is COc1cc(Cc2c(-c3cccc(NC(=O)CC[C@H](N)C(=O)O)c3)sc3cc(O)ccc23)ccc1CN1CCCC1. The molecule has 0 unspecified atom stereocenters. The number of hydrogen-bond acceptors (Lipinski definition) is 7. The highest BCUT2D eigenvalue weighted by atomic mass is 32.1. The van der Waals surface area contributed by atoms with Crippen molar-refractivity contribution in [2.75, 3.05) is 25.5 Å². The summed E-state index contributed by atoms with van der Waals surface area (Å²) in [5.41, 5.74) is 10.6. The number of carboxylic acid groups (broad SMARTS) is 1. The maximum absolute atomic E-state index is 12.5. The number of methoxy groups -OCH3 is 1. The molecule has 0 saturated carbocycles. The second-order valence-electron chi connectivity index (χ2n) is 10.5. The van der Waals surface area contributed by atoms with E-state index in [1.807, 2.05) is 24.3 Å². The summed E-state index contributed by atoms with van der Waals surface area (Å²) in [6.45, 7) is 3.13. The van der Waals surface area contributed by atoms with Gasteiger partial charge in [-0.05, 0) is 97.2 Å². The molecule has 2 heterocycles. The molecular formula is C32H35N3O5S. The minimum Gasteiger partial charge on any atom is -0.508 e. The monoisotopic (exact) mass is 573 g/mol. The van der Waals surface area contributed by atoms with Crippen molar-refractivity contribution < 1.29 is 24.5 Å². The Kier molecular flexibility index (Phi) is 8.87. The van der Waals surface area contributed by atoms with Gasteiger partial charge in [0.2, 0.25) is 5.91 Å². The summed E-state index contributed by atoms with van der Waals surface area (Å²) in [4.78, 5) is 27.0. The van der Waals surface area contributed by atoms with Crippen molar-refractivity contribution in [1.29, 1.82) is 0 Å². The fourth-order valence-electron chi connectivity index (χ4n) is 5.33. The second-order valence-corrected chi connectivity index (χ2v) is 11.6. The molecule has 0 radical (unpaired) electrons. The van der Waals surface area contributed by atoms with Crippen molar-refractivity contribution >= 4 is 39.0 Å². The highest BCUT2D eigenvalue weighted by Gasteiger charge is 2.19. The number of nitrogens with one attached hydrogen (secondary N) is 1. The number of aliphatic carboxylic acids is 1. The molecule has 1 amide bonds. The Labute approximate surface area is 243 Å². The Balaban J connectivity index is 1.43. The lowest BCUT2D eigenvalue weighted by molar-refractivity contribution is -0.138. The van der Waals surface area contributed by atoms with Gasteiger partial charge in [0.05, 0.1) is 7.11 Å². The summed E-state index contributed by atoms with van der Waals surface area (Å²) in [6.07, 6.45) is 3.23. The van der Waals surface area contributed by atoms with Gasteiger partial charge in [-0.15, -0.1) is 11.3 Å². The van der Waals surface area contributed by atoms with Crippen LogP contribution in [-0.4, -0.2) is 53.2 Å². The van der Waals surface area contributed by atoms with Gasteiger partial charge in [0.25, 0.3) is 0 Å². The molecule has 0 bridgehead atoms. The molecule has 214 valence electrons. The van der Waals surface area contributed by atoms with E-state index in [1.54, 1.807) is 36.6 Å². The third kappa shape index (κ3) is 6.87. The molecule has 4 aromatic rings. The topological polar surface area (TPSA) is 125 Å². The van der Waals surface area contributed by atoms with E-state index >= 15 is 0 Å². The number of nitrogens with two attached hydrogens (primary N) is 1. The van der Waals surface area contributed by atoms with E-state index in [4.69, 9.17) is 15.6 Å². The average molecular weight is 574 g/mol. The first-order valence-corrected chi connectivity index (χ1v) is 14.6. The predicted molar refractivity (Wildman–Crippen MR) is 163 cm³/mol. The highest BCUT2D eigenvalue weighted by molar-refractivity contribution is 7.22. The first-order chi connectivity index (χ1) is 19.8. The molecule has 1 aliphatic heterocycles. The number of benzene rings is 3. The highest BCUT2D eigenvalue weighted by Crippen LogP contribution is 2.42. The van der Waals surface area contributed by atoms with Crippen molar-refractivity contribution in [3.05, 3.63) is 77.4 Å². The maximum atomic E-state index is 12.5. The fraction of sp³-hybridized carbons (Fsp3) is 0.312. The normalized spacial score (nSPS) is 14.3. The lowest BCUT2D eigenvalue weighted by atomic mass is 9.97. The number of likely N-dealkylation sites (tertiary alicyclic amines) is 1. The number of carbonyl (C=O) groups is 2. The zero-order valence-corrected chi connectivity index (χ0v) is 23.9. The van der Waals surface area contributed by atoms with E-state index in [1.165, 1.54) is 18.4 Å². The van der Waals surface area contributed by atoms with Crippen LogP contribution in [0.15, 0.2) is 60.7 Å². The van der Waals surface area contributed by atoms with Crippen LogP contribution in [0.4, 0.5) is 5.69 Å². The van der Waals surface area contributed by atoms with Gasteiger partial charge in [-0.25, -0.2) is 0 Å². The van der Waals surface area contributed by atoms with Gasteiger partial charge < -0.3 is 26.0 Å². The average Bonchev–Trinajstić information content (AvgIpc) is 3.60. The van der Waals surface area contributed by atoms with Crippen molar-refractivity contribution in [2.45, 2.75) is 44.7 Å². The lowest BCUT2D eigenvalue weighted by Crippen LogP contribution is -2.31. The number of anilines is 1. The van der Waals surface area contributed by atoms with Crippen LogP contribution in [0.5, 0.6) is 11.5 Å². The van der Waals surface area contributed by atoms with Crippen LogP contribution in [0, 0.1) is 0 Å². The lowest BCUT2D eigenvalue weighted by Gasteiger charge is -2.18. The molecule has 3 aromatic carbocycles. The molecule has 1 aliphatic rings. The molecule has 41 heavy (non-hydrogen) atoms. The largest absolute Gasteiger partial charge is 0.508 e. The number of aromatic hydroxyl groups is 1. The van der Waals surface area contributed by atoms with Gasteiger partial charge in [0.15, 0.2) is 0 Å². The number of fused-ring (bicyclic) bond motifs is 1. The van der Waals surface area contributed by atoms with E-state index in [9.17, 15) is 14.7 Å².